The Morgan fingerprint density at radius 3 is 2.37 bits per heavy atom. The first-order chi connectivity index (χ1) is 8.79. The second kappa shape index (κ2) is 6.91. The molecular weight excluding hydrogens is 331 g/mol. The fraction of sp³-hybridized carbons (Fsp3) is 0.100. The predicted octanol–water partition coefficient (Wildman–Crippen LogP) is 2.16. The maximum Gasteiger partial charge on any atom is 0.276 e. The van der Waals surface area contributed by atoms with Crippen LogP contribution in [0.5, 0.6) is 0 Å². The predicted molar refractivity (Wildman–Crippen MR) is 82.9 cm³/mol. The van der Waals surface area contributed by atoms with E-state index in [-0.39, 0.29) is 5.11 Å². The average molecular weight is 340 g/mol. The Morgan fingerprint density at radius 2 is 1.89 bits per heavy atom. The summed E-state index contributed by atoms with van der Waals surface area (Å²) in [6.45, 7) is 0. The molecule has 0 spiro atoms. The molecule has 0 saturated carbocycles. The largest absolute Gasteiger partial charge is 0.375 e. The number of anilines is 1. The maximum atomic E-state index is 11.4. The van der Waals surface area contributed by atoms with Gasteiger partial charge in [0.15, 0.2) is 5.11 Å². The Labute approximate surface area is 130 Å². The van der Waals surface area contributed by atoms with Gasteiger partial charge in [-0.1, -0.05) is 46.9 Å². The number of nitrogens with one attached hydrogen (secondary N) is 2. The SMILES string of the molecule is NC(=S)N/N=C/c1ccc(NC(=O)C(Cl)(Cl)Cl)cc1. The second-order valence-corrected chi connectivity index (χ2v) is 6.03. The van der Waals surface area contributed by atoms with Gasteiger partial charge in [-0.15, -0.1) is 0 Å². The molecule has 9 heteroatoms. The Bertz CT molecular complexity index is 498. The molecule has 4 N–H and O–H groups in total. The van der Waals surface area contributed by atoms with Gasteiger partial charge in [0.25, 0.3) is 9.70 Å². The second-order valence-electron chi connectivity index (χ2n) is 3.31. The summed E-state index contributed by atoms with van der Waals surface area (Å²) >= 11 is 20.9. The third-order valence-corrected chi connectivity index (χ3v) is 2.42. The molecular formula is C10H9Cl3N4OS. The van der Waals surface area contributed by atoms with E-state index in [4.69, 9.17) is 40.5 Å². The van der Waals surface area contributed by atoms with Gasteiger partial charge in [0.05, 0.1) is 6.21 Å². The topological polar surface area (TPSA) is 79.5 Å². The summed E-state index contributed by atoms with van der Waals surface area (Å²) in [7, 11) is 0. The van der Waals surface area contributed by atoms with E-state index in [1.807, 2.05) is 0 Å². The van der Waals surface area contributed by atoms with Crippen LogP contribution in [0.3, 0.4) is 0 Å². The van der Waals surface area contributed by atoms with E-state index in [1.165, 1.54) is 6.21 Å². The van der Waals surface area contributed by atoms with E-state index in [0.717, 1.165) is 5.56 Å². The minimum Gasteiger partial charge on any atom is -0.375 e. The smallest absolute Gasteiger partial charge is 0.276 e. The number of hydrogen-bond acceptors (Lipinski definition) is 3. The quantitative estimate of drug-likeness (QED) is 0.341. The van der Waals surface area contributed by atoms with Crippen molar-refractivity contribution in [1.29, 1.82) is 0 Å². The zero-order chi connectivity index (χ0) is 14.5. The molecule has 0 aliphatic carbocycles. The number of hydrogen-bond donors (Lipinski definition) is 3. The van der Waals surface area contributed by atoms with Crippen molar-refractivity contribution in [1.82, 2.24) is 5.43 Å². The summed E-state index contributed by atoms with van der Waals surface area (Å²) in [6, 6.07) is 6.68. The molecule has 1 amide bonds. The Kier molecular flexibility index (Phi) is 5.81. The van der Waals surface area contributed by atoms with Crippen molar-refractivity contribution in [2.24, 2.45) is 10.8 Å². The lowest BCUT2D eigenvalue weighted by Gasteiger charge is -2.11. The van der Waals surface area contributed by atoms with Crippen molar-refractivity contribution < 1.29 is 4.79 Å². The van der Waals surface area contributed by atoms with Gasteiger partial charge in [-0.3, -0.25) is 10.2 Å². The summed E-state index contributed by atoms with van der Waals surface area (Å²) in [5.41, 5.74) is 8.88. The molecule has 1 aromatic carbocycles. The van der Waals surface area contributed by atoms with Crippen LogP contribution in [0.1, 0.15) is 5.56 Å². The standard InChI is InChI=1S/C10H9Cl3N4OS/c11-10(12,13)8(18)16-7-3-1-6(2-4-7)5-15-17-9(14)19/h1-5H,(H,16,18)(H3,14,17,19)/b15-5+. The van der Waals surface area contributed by atoms with Crippen molar-refractivity contribution in [3.05, 3.63) is 29.8 Å². The number of benzene rings is 1. The summed E-state index contributed by atoms with van der Waals surface area (Å²) in [6.07, 6.45) is 1.51. The van der Waals surface area contributed by atoms with E-state index < -0.39 is 9.70 Å². The number of thiocarbonyl (C=S) groups is 1. The molecule has 0 unspecified atom stereocenters. The maximum absolute atomic E-state index is 11.4. The fourth-order valence-corrected chi connectivity index (χ4v) is 1.22. The molecule has 1 rings (SSSR count). The zero-order valence-electron chi connectivity index (χ0n) is 9.36. The number of halogens is 3. The Balaban J connectivity index is 2.64. The summed E-state index contributed by atoms with van der Waals surface area (Å²) in [5, 5.41) is 6.30. The van der Waals surface area contributed by atoms with E-state index >= 15 is 0 Å². The van der Waals surface area contributed by atoms with Gasteiger partial charge < -0.3 is 11.1 Å². The minimum atomic E-state index is -2.00. The first-order valence-electron chi connectivity index (χ1n) is 4.86. The number of rotatable bonds is 3. The van der Waals surface area contributed by atoms with Crippen LogP contribution in [0.4, 0.5) is 5.69 Å². The molecule has 0 saturated heterocycles. The van der Waals surface area contributed by atoms with Crippen molar-refractivity contribution in [3.63, 3.8) is 0 Å². The lowest BCUT2D eigenvalue weighted by atomic mass is 10.2. The summed E-state index contributed by atoms with van der Waals surface area (Å²) in [4.78, 5) is 11.4. The van der Waals surface area contributed by atoms with Crippen LogP contribution in [0.2, 0.25) is 0 Å². The van der Waals surface area contributed by atoms with E-state index in [2.05, 4.69) is 28.1 Å². The lowest BCUT2D eigenvalue weighted by Crippen LogP contribution is -2.26. The molecule has 0 fully saturated rings. The van der Waals surface area contributed by atoms with Crippen LogP contribution in [-0.4, -0.2) is 21.0 Å². The normalized spacial score (nSPS) is 11.3. The van der Waals surface area contributed by atoms with Gasteiger partial charge in [0, 0.05) is 5.69 Å². The number of hydrazone groups is 1. The van der Waals surface area contributed by atoms with Gasteiger partial charge in [0.2, 0.25) is 0 Å². The highest BCUT2D eigenvalue weighted by Gasteiger charge is 2.30. The van der Waals surface area contributed by atoms with Crippen molar-refractivity contribution in [2.45, 2.75) is 3.79 Å². The molecule has 5 nitrogen and oxygen atoms in total. The fourth-order valence-electron chi connectivity index (χ4n) is 1.02. The number of carbonyl (C=O) groups excluding carboxylic acids is 1. The third-order valence-electron chi connectivity index (χ3n) is 1.81. The number of nitrogens with zero attached hydrogens (tertiary/aromatic N) is 1. The molecule has 0 atom stereocenters. The molecule has 0 aliphatic heterocycles. The number of alkyl halides is 3. The van der Waals surface area contributed by atoms with Crippen LogP contribution in [0, 0.1) is 0 Å². The zero-order valence-corrected chi connectivity index (χ0v) is 12.4. The van der Waals surface area contributed by atoms with Crippen molar-refractivity contribution in [3.8, 4) is 0 Å². The van der Waals surface area contributed by atoms with Gasteiger partial charge in [0.1, 0.15) is 0 Å². The highest BCUT2D eigenvalue weighted by molar-refractivity contribution is 7.80. The number of nitrogens with two attached hydrogens (primary N) is 1. The van der Waals surface area contributed by atoms with Crippen LogP contribution < -0.4 is 16.5 Å². The molecule has 0 radical (unpaired) electrons. The van der Waals surface area contributed by atoms with E-state index in [0.29, 0.717) is 5.69 Å². The van der Waals surface area contributed by atoms with E-state index in [1.54, 1.807) is 24.3 Å². The molecule has 1 aromatic rings. The first kappa shape index (κ1) is 16.0. The van der Waals surface area contributed by atoms with Crippen LogP contribution in [0.15, 0.2) is 29.4 Å². The number of carbonyl (C=O) groups is 1. The van der Waals surface area contributed by atoms with Crippen LogP contribution >= 0.6 is 47.0 Å². The monoisotopic (exact) mass is 338 g/mol. The Morgan fingerprint density at radius 1 is 1.32 bits per heavy atom. The molecule has 0 aromatic heterocycles. The van der Waals surface area contributed by atoms with Gasteiger partial charge in [-0.25, -0.2) is 0 Å². The molecule has 102 valence electrons. The summed E-state index contributed by atoms with van der Waals surface area (Å²) in [5.74, 6) is -0.728. The highest BCUT2D eigenvalue weighted by Crippen LogP contribution is 2.27. The lowest BCUT2D eigenvalue weighted by molar-refractivity contribution is -0.115. The van der Waals surface area contributed by atoms with Gasteiger partial charge in [-0.05, 0) is 29.9 Å². The van der Waals surface area contributed by atoms with Gasteiger partial charge in [-0.2, -0.15) is 5.10 Å². The van der Waals surface area contributed by atoms with Crippen LogP contribution in [0.25, 0.3) is 0 Å². The Hall–Kier alpha value is -1.08. The first-order valence-corrected chi connectivity index (χ1v) is 6.40. The molecule has 0 aliphatic rings. The highest BCUT2D eigenvalue weighted by atomic mass is 35.6. The summed E-state index contributed by atoms with van der Waals surface area (Å²) < 4.78 is -2.00. The van der Waals surface area contributed by atoms with Gasteiger partial charge >= 0.3 is 0 Å². The van der Waals surface area contributed by atoms with Crippen molar-refractivity contribution >= 4 is 69.9 Å². The van der Waals surface area contributed by atoms with Crippen molar-refractivity contribution in [2.75, 3.05) is 5.32 Å². The van der Waals surface area contributed by atoms with E-state index in [9.17, 15) is 4.79 Å². The molecule has 19 heavy (non-hydrogen) atoms. The molecule has 0 bridgehead atoms. The third kappa shape index (κ3) is 6.07. The molecule has 0 heterocycles. The number of amides is 1. The average Bonchev–Trinajstić information content (AvgIpc) is 2.29. The minimum absolute atomic E-state index is 0.0720. The van der Waals surface area contributed by atoms with Crippen LogP contribution in [-0.2, 0) is 4.79 Å².